The molecule has 0 saturated heterocycles. The molecule has 0 unspecified atom stereocenters. The van der Waals surface area contributed by atoms with E-state index in [-0.39, 0.29) is 18.7 Å². The summed E-state index contributed by atoms with van der Waals surface area (Å²) in [6.45, 7) is 0.0780. The molecule has 0 aliphatic carbocycles. The zero-order chi connectivity index (χ0) is 12.1. The number of ether oxygens (including phenoxy) is 1. The van der Waals surface area contributed by atoms with Crippen molar-refractivity contribution >= 4 is 11.7 Å². The van der Waals surface area contributed by atoms with Crippen LogP contribution in [0.25, 0.3) is 0 Å². The summed E-state index contributed by atoms with van der Waals surface area (Å²) in [5.74, 6) is -3.79. The van der Waals surface area contributed by atoms with Gasteiger partial charge >= 0.3 is 5.97 Å². The van der Waals surface area contributed by atoms with Crippen LogP contribution in [0.5, 0.6) is 0 Å². The highest BCUT2D eigenvalue weighted by atomic mass is 19.2. The summed E-state index contributed by atoms with van der Waals surface area (Å²) in [5.41, 5.74) is -0.192. The van der Waals surface area contributed by atoms with Crippen molar-refractivity contribution in [3.63, 3.8) is 0 Å². The van der Waals surface area contributed by atoms with Crippen LogP contribution in [0.2, 0.25) is 0 Å². The molecule has 1 aromatic rings. The molecule has 88 valence electrons. The Balaban J connectivity index is 2.60. The largest absolute Gasteiger partial charge is 0.469 e. The van der Waals surface area contributed by atoms with Crippen LogP contribution in [0.1, 0.15) is 6.42 Å². The molecule has 0 saturated carbocycles. The Morgan fingerprint density at radius 2 is 1.88 bits per heavy atom. The molecule has 1 aromatic carbocycles. The van der Waals surface area contributed by atoms with Crippen LogP contribution < -0.4 is 5.32 Å². The number of esters is 1. The lowest BCUT2D eigenvalue weighted by Crippen LogP contribution is -2.11. The molecule has 0 aliphatic heterocycles. The Kier molecular flexibility index (Phi) is 4.16. The second-order valence-electron chi connectivity index (χ2n) is 3.00. The molecule has 0 radical (unpaired) electrons. The average molecular weight is 233 g/mol. The predicted molar refractivity (Wildman–Crippen MR) is 51.4 cm³/mol. The molecule has 16 heavy (non-hydrogen) atoms. The maximum absolute atomic E-state index is 13.1. The molecular formula is C10H10F3NO2. The third kappa shape index (κ3) is 3.15. The van der Waals surface area contributed by atoms with Crippen LogP contribution >= 0.6 is 0 Å². The number of rotatable bonds is 4. The molecule has 0 heterocycles. The normalized spacial score (nSPS) is 10.0. The third-order valence-corrected chi connectivity index (χ3v) is 1.88. The maximum Gasteiger partial charge on any atom is 0.307 e. The van der Waals surface area contributed by atoms with E-state index in [2.05, 4.69) is 10.1 Å². The maximum atomic E-state index is 13.1. The van der Waals surface area contributed by atoms with Crippen molar-refractivity contribution < 1.29 is 22.7 Å². The van der Waals surface area contributed by atoms with Gasteiger partial charge in [0.2, 0.25) is 0 Å². The van der Waals surface area contributed by atoms with Gasteiger partial charge in [-0.25, -0.2) is 13.2 Å². The van der Waals surface area contributed by atoms with Crippen molar-refractivity contribution in [3.05, 3.63) is 29.6 Å². The second-order valence-corrected chi connectivity index (χ2v) is 3.00. The van der Waals surface area contributed by atoms with E-state index in [1.54, 1.807) is 0 Å². The van der Waals surface area contributed by atoms with Gasteiger partial charge in [-0.2, -0.15) is 0 Å². The first-order chi connectivity index (χ1) is 7.54. The minimum atomic E-state index is -1.25. The van der Waals surface area contributed by atoms with E-state index in [4.69, 9.17) is 0 Å². The highest BCUT2D eigenvalue weighted by Crippen LogP contribution is 2.18. The van der Waals surface area contributed by atoms with E-state index in [0.29, 0.717) is 12.1 Å². The van der Waals surface area contributed by atoms with Crippen molar-refractivity contribution in [2.75, 3.05) is 19.0 Å². The number of halogens is 3. The van der Waals surface area contributed by atoms with Gasteiger partial charge in [0.15, 0.2) is 11.6 Å². The van der Waals surface area contributed by atoms with E-state index in [9.17, 15) is 18.0 Å². The van der Waals surface area contributed by atoms with E-state index in [0.717, 1.165) is 0 Å². The number of carbonyl (C=O) groups is 1. The van der Waals surface area contributed by atoms with Crippen molar-refractivity contribution in [1.82, 2.24) is 0 Å². The van der Waals surface area contributed by atoms with E-state index in [1.165, 1.54) is 7.11 Å². The van der Waals surface area contributed by atoms with E-state index < -0.39 is 23.4 Å². The first-order valence-corrected chi connectivity index (χ1v) is 4.50. The topological polar surface area (TPSA) is 38.3 Å². The summed E-state index contributed by atoms with van der Waals surface area (Å²) in [4.78, 5) is 10.7. The molecule has 0 aliphatic rings. The predicted octanol–water partition coefficient (Wildman–Crippen LogP) is 2.08. The molecule has 1 rings (SSSR count). The molecule has 0 atom stereocenters. The Labute approximate surface area is 90.2 Å². The molecule has 0 amide bonds. The number of carbonyl (C=O) groups excluding carboxylic acids is 1. The standard InChI is InChI=1S/C10H10F3NO2/c1-16-10(15)2-3-14-9-5-7(12)6(11)4-8(9)13/h4-5,14H,2-3H2,1H3. The SMILES string of the molecule is COC(=O)CCNc1cc(F)c(F)cc1F. The summed E-state index contributed by atoms with van der Waals surface area (Å²) >= 11 is 0. The average Bonchev–Trinajstić information content (AvgIpc) is 2.25. The molecule has 1 N–H and O–H groups in total. The molecular weight excluding hydrogens is 223 g/mol. The fourth-order valence-corrected chi connectivity index (χ4v) is 1.06. The molecule has 0 aromatic heterocycles. The molecule has 6 heteroatoms. The molecule has 0 spiro atoms. The van der Waals surface area contributed by atoms with Gasteiger partial charge in [0, 0.05) is 18.7 Å². The fourth-order valence-electron chi connectivity index (χ4n) is 1.06. The lowest BCUT2D eigenvalue weighted by Gasteiger charge is -2.07. The zero-order valence-corrected chi connectivity index (χ0v) is 8.52. The van der Waals surface area contributed by atoms with Gasteiger partial charge in [0.05, 0.1) is 19.2 Å². The van der Waals surface area contributed by atoms with Crippen LogP contribution in [0.15, 0.2) is 12.1 Å². The van der Waals surface area contributed by atoms with Crippen molar-refractivity contribution in [2.24, 2.45) is 0 Å². The number of nitrogens with one attached hydrogen (secondary N) is 1. The minimum Gasteiger partial charge on any atom is -0.469 e. The smallest absolute Gasteiger partial charge is 0.307 e. The highest BCUT2D eigenvalue weighted by molar-refractivity contribution is 5.69. The molecule has 3 nitrogen and oxygen atoms in total. The zero-order valence-electron chi connectivity index (χ0n) is 8.52. The summed E-state index contributed by atoms with van der Waals surface area (Å²) < 4.78 is 42.7. The number of benzene rings is 1. The van der Waals surface area contributed by atoms with Crippen LogP contribution in [-0.2, 0) is 9.53 Å². The minimum absolute atomic E-state index is 0.00886. The lowest BCUT2D eigenvalue weighted by atomic mass is 10.2. The quantitative estimate of drug-likeness (QED) is 0.639. The first-order valence-electron chi connectivity index (χ1n) is 4.50. The van der Waals surface area contributed by atoms with E-state index in [1.807, 2.05) is 0 Å². The Bertz CT molecular complexity index is 396. The van der Waals surface area contributed by atoms with Crippen molar-refractivity contribution in [3.8, 4) is 0 Å². The van der Waals surface area contributed by atoms with Crippen molar-refractivity contribution in [2.45, 2.75) is 6.42 Å². The molecule has 0 fully saturated rings. The number of anilines is 1. The first kappa shape index (κ1) is 12.4. The van der Waals surface area contributed by atoms with Crippen LogP contribution in [-0.4, -0.2) is 19.6 Å². The highest BCUT2D eigenvalue weighted by Gasteiger charge is 2.09. The van der Waals surface area contributed by atoms with Gasteiger partial charge < -0.3 is 10.1 Å². The van der Waals surface area contributed by atoms with Gasteiger partial charge in [-0.1, -0.05) is 0 Å². The number of hydrogen-bond donors (Lipinski definition) is 1. The number of methoxy groups -OCH3 is 1. The van der Waals surface area contributed by atoms with Gasteiger partial charge in [0.1, 0.15) is 5.82 Å². The van der Waals surface area contributed by atoms with Gasteiger partial charge in [-0.3, -0.25) is 4.79 Å². The third-order valence-electron chi connectivity index (χ3n) is 1.88. The van der Waals surface area contributed by atoms with Crippen LogP contribution in [0.4, 0.5) is 18.9 Å². The second kappa shape index (κ2) is 5.39. The van der Waals surface area contributed by atoms with E-state index >= 15 is 0 Å². The Hall–Kier alpha value is -1.72. The fraction of sp³-hybridized carbons (Fsp3) is 0.300. The summed E-state index contributed by atoms with van der Waals surface area (Å²) in [6, 6.07) is 1.14. The Morgan fingerprint density at radius 1 is 1.25 bits per heavy atom. The van der Waals surface area contributed by atoms with Gasteiger partial charge in [0.25, 0.3) is 0 Å². The monoisotopic (exact) mass is 233 g/mol. The summed E-state index contributed by atoms with van der Waals surface area (Å²) in [6.07, 6.45) is 0.00886. The lowest BCUT2D eigenvalue weighted by molar-refractivity contribution is -0.140. The van der Waals surface area contributed by atoms with Crippen LogP contribution in [0.3, 0.4) is 0 Å². The number of hydrogen-bond acceptors (Lipinski definition) is 3. The van der Waals surface area contributed by atoms with Crippen LogP contribution in [0, 0.1) is 17.5 Å². The van der Waals surface area contributed by atoms with Crippen molar-refractivity contribution in [1.29, 1.82) is 0 Å². The summed E-state index contributed by atoms with van der Waals surface area (Å²) in [7, 11) is 1.22. The Morgan fingerprint density at radius 3 is 2.50 bits per heavy atom. The van der Waals surface area contributed by atoms with Gasteiger partial charge in [-0.05, 0) is 0 Å². The van der Waals surface area contributed by atoms with Gasteiger partial charge in [-0.15, -0.1) is 0 Å². The molecule has 0 bridgehead atoms. The summed E-state index contributed by atoms with van der Waals surface area (Å²) in [5, 5.41) is 2.46.